The van der Waals surface area contributed by atoms with E-state index in [1.165, 1.54) is 11.3 Å². The summed E-state index contributed by atoms with van der Waals surface area (Å²) in [6.07, 6.45) is 0. The number of amides is 2. The van der Waals surface area contributed by atoms with Gasteiger partial charge >= 0.3 is 0 Å². The van der Waals surface area contributed by atoms with E-state index in [0.717, 1.165) is 5.01 Å². The van der Waals surface area contributed by atoms with Crippen molar-refractivity contribution < 1.29 is 9.59 Å². The normalized spacial score (nSPS) is 11.9. The molecule has 0 aliphatic heterocycles. The molecule has 0 saturated heterocycles. The summed E-state index contributed by atoms with van der Waals surface area (Å²) >= 11 is 7.31. The van der Waals surface area contributed by atoms with Crippen LogP contribution >= 0.6 is 22.9 Å². The fraction of sp³-hybridized carbons (Fsp3) is 0.688. The van der Waals surface area contributed by atoms with Crippen molar-refractivity contribution in [2.75, 3.05) is 5.88 Å². The number of hydrogen-bond donors (Lipinski definition) is 1. The van der Waals surface area contributed by atoms with E-state index in [4.69, 9.17) is 11.6 Å². The van der Waals surface area contributed by atoms with Crippen LogP contribution in [0.25, 0.3) is 0 Å². The SMILES string of the molecule is CC(C)NC(=O)c1csc(CN(C(=O)C(C)(C)CCl)C(C)C)n1. The number of hydrogen-bond acceptors (Lipinski definition) is 4. The summed E-state index contributed by atoms with van der Waals surface area (Å²) in [5.74, 6) is 0.0616. The van der Waals surface area contributed by atoms with E-state index in [1.54, 1.807) is 10.3 Å². The maximum Gasteiger partial charge on any atom is 0.270 e. The number of thiazole rings is 1. The van der Waals surface area contributed by atoms with Crippen molar-refractivity contribution >= 4 is 34.8 Å². The third-order valence-corrected chi connectivity index (χ3v) is 4.81. The lowest BCUT2D eigenvalue weighted by Gasteiger charge is -2.33. The van der Waals surface area contributed by atoms with Crippen LogP contribution in [0, 0.1) is 5.41 Å². The summed E-state index contributed by atoms with van der Waals surface area (Å²) < 4.78 is 0. The first-order valence-electron chi connectivity index (χ1n) is 7.70. The topological polar surface area (TPSA) is 62.3 Å². The standard InChI is InChI=1S/C16H26ClN3O2S/c1-10(2)18-14(21)12-8-23-13(19-12)7-20(11(3)4)15(22)16(5,6)9-17/h8,10-11H,7,9H2,1-6H3,(H,18,21). The van der Waals surface area contributed by atoms with Gasteiger partial charge in [-0.25, -0.2) is 4.98 Å². The fourth-order valence-corrected chi connectivity index (χ4v) is 2.79. The molecule has 23 heavy (non-hydrogen) atoms. The van der Waals surface area contributed by atoms with E-state index in [0.29, 0.717) is 12.2 Å². The Balaban J connectivity index is 2.89. The van der Waals surface area contributed by atoms with Gasteiger partial charge < -0.3 is 10.2 Å². The van der Waals surface area contributed by atoms with E-state index >= 15 is 0 Å². The van der Waals surface area contributed by atoms with E-state index in [2.05, 4.69) is 10.3 Å². The van der Waals surface area contributed by atoms with Crippen molar-refractivity contribution in [2.45, 2.75) is 60.2 Å². The van der Waals surface area contributed by atoms with Crippen LogP contribution in [0.15, 0.2) is 5.38 Å². The molecule has 0 spiro atoms. The summed E-state index contributed by atoms with van der Waals surface area (Å²) in [5.41, 5.74) is -0.229. The predicted octanol–water partition coefficient (Wildman–Crippen LogP) is 3.28. The van der Waals surface area contributed by atoms with Crippen molar-refractivity contribution in [1.82, 2.24) is 15.2 Å². The second kappa shape index (κ2) is 8.11. The van der Waals surface area contributed by atoms with Crippen LogP contribution in [0.1, 0.15) is 57.0 Å². The number of nitrogens with one attached hydrogen (secondary N) is 1. The lowest BCUT2D eigenvalue weighted by atomic mass is 9.93. The minimum absolute atomic E-state index is 0.00844. The molecule has 7 heteroatoms. The van der Waals surface area contributed by atoms with Gasteiger partial charge in [0.25, 0.3) is 5.91 Å². The minimum atomic E-state index is -0.624. The predicted molar refractivity (Wildman–Crippen MR) is 94.9 cm³/mol. The van der Waals surface area contributed by atoms with Crippen molar-refractivity contribution in [3.8, 4) is 0 Å². The highest BCUT2D eigenvalue weighted by molar-refractivity contribution is 7.09. The van der Waals surface area contributed by atoms with Gasteiger partial charge in [0.1, 0.15) is 10.7 Å². The number of carbonyl (C=O) groups excluding carboxylic acids is 2. The van der Waals surface area contributed by atoms with Gasteiger partial charge in [0.15, 0.2) is 0 Å². The van der Waals surface area contributed by atoms with Gasteiger partial charge in [-0.2, -0.15) is 0 Å². The Hall–Kier alpha value is -1.14. The quantitative estimate of drug-likeness (QED) is 0.760. The highest BCUT2D eigenvalue weighted by Gasteiger charge is 2.33. The van der Waals surface area contributed by atoms with Gasteiger partial charge in [-0.15, -0.1) is 22.9 Å². The number of halogens is 1. The number of aromatic nitrogens is 1. The van der Waals surface area contributed by atoms with E-state index in [9.17, 15) is 9.59 Å². The molecular weight excluding hydrogens is 334 g/mol. The first kappa shape index (κ1) is 19.9. The summed E-state index contributed by atoms with van der Waals surface area (Å²) in [4.78, 5) is 30.7. The van der Waals surface area contributed by atoms with Gasteiger partial charge in [-0.05, 0) is 41.5 Å². The van der Waals surface area contributed by atoms with Crippen molar-refractivity contribution in [1.29, 1.82) is 0 Å². The molecule has 0 radical (unpaired) electrons. The maximum absolute atomic E-state index is 12.7. The average Bonchev–Trinajstić information content (AvgIpc) is 2.91. The molecule has 0 aromatic carbocycles. The van der Waals surface area contributed by atoms with Crippen molar-refractivity contribution in [2.24, 2.45) is 5.41 Å². The Kier molecular flexibility index (Phi) is 7.02. The molecule has 130 valence electrons. The number of alkyl halides is 1. The molecular formula is C16H26ClN3O2S. The summed E-state index contributed by atoms with van der Waals surface area (Å²) in [6, 6.07) is 0.0905. The van der Waals surface area contributed by atoms with Gasteiger partial charge in [-0.1, -0.05) is 0 Å². The molecule has 0 aliphatic rings. The van der Waals surface area contributed by atoms with Crippen LogP contribution < -0.4 is 5.32 Å². The monoisotopic (exact) mass is 359 g/mol. The Labute approximate surface area is 147 Å². The highest BCUT2D eigenvalue weighted by atomic mass is 35.5. The Morgan fingerprint density at radius 3 is 2.43 bits per heavy atom. The second-order valence-corrected chi connectivity index (χ2v) is 8.01. The molecule has 1 rings (SSSR count). The first-order valence-corrected chi connectivity index (χ1v) is 9.12. The summed E-state index contributed by atoms with van der Waals surface area (Å²) in [5, 5.41) is 5.28. The second-order valence-electron chi connectivity index (χ2n) is 6.80. The molecule has 1 aromatic rings. The number of nitrogens with zero attached hydrogens (tertiary/aromatic N) is 2. The molecule has 5 nitrogen and oxygen atoms in total. The van der Waals surface area contributed by atoms with Gasteiger partial charge in [0.05, 0.1) is 12.0 Å². The van der Waals surface area contributed by atoms with Crippen molar-refractivity contribution in [3.63, 3.8) is 0 Å². The van der Waals surface area contributed by atoms with E-state index in [-0.39, 0.29) is 29.8 Å². The van der Waals surface area contributed by atoms with Gasteiger partial charge in [0, 0.05) is 23.3 Å². The summed E-state index contributed by atoms with van der Waals surface area (Å²) in [7, 11) is 0. The maximum atomic E-state index is 12.7. The fourth-order valence-electron chi connectivity index (χ4n) is 1.90. The molecule has 0 bridgehead atoms. The van der Waals surface area contributed by atoms with Crippen LogP contribution in [0.3, 0.4) is 0 Å². The van der Waals surface area contributed by atoms with Gasteiger partial charge in [0.2, 0.25) is 5.91 Å². The Morgan fingerprint density at radius 1 is 1.35 bits per heavy atom. The zero-order chi connectivity index (χ0) is 17.8. The van der Waals surface area contributed by atoms with Crippen LogP contribution in [0.5, 0.6) is 0 Å². The Morgan fingerprint density at radius 2 is 1.96 bits per heavy atom. The third kappa shape index (κ3) is 5.46. The van der Waals surface area contributed by atoms with Crippen LogP contribution in [-0.2, 0) is 11.3 Å². The van der Waals surface area contributed by atoms with Crippen LogP contribution in [0.2, 0.25) is 0 Å². The van der Waals surface area contributed by atoms with Crippen molar-refractivity contribution in [3.05, 3.63) is 16.1 Å². The summed E-state index contributed by atoms with van der Waals surface area (Å²) in [6.45, 7) is 11.8. The Bertz CT molecular complexity index is 555. The van der Waals surface area contributed by atoms with Gasteiger partial charge in [-0.3, -0.25) is 9.59 Å². The van der Waals surface area contributed by atoms with E-state index < -0.39 is 5.41 Å². The number of carbonyl (C=O) groups is 2. The smallest absolute Gasteiger partial charge is 0.270 e. The molecule has 0 saturated carbocycles. The third-order valence-electron chi connectivity index (χ3n) is 3.31. The molecule has 2 amide bonds. The molecule has 1 aromatic heterocycles. The zero-order valence-corrected chi connectivity index (χ0v) is 16.2. The first-order chi connectivity index (χ1) is 10.6. The zero-order valence-electron chi connectivity index (χ0n) is 14.6. The van der Waals surface area contributed by atoms with Crippen LogP contribution in [-0.4, -0.2) is 39.7 Å². The molecule has 0 unspecified atom stereocenters. The highest BCUT2D eigenvalue weighted by Crippen LogP contribution is 2.24. The number of rotatable bonds is 7. The molecule has 1 heterocycles. The minimum Gasteiger partial charge on any atom is -0.349 e. The lowest BCUT2D eigenvalue weighted by molar-refractivity contribution is -0.141. The van der Waals surface area contributed by atoms with Crippen LogP contribution in [0.4, 0.5) is 0 Å². The average molecular weight is 360 g/mol. The molecule has 0 aliphatic carbocycles. The molecule has 0 fully saturated rings. The molecule has 1 N–H and O–H groups in total. The largest absolute Gasteiger partial charge is 0.349 e. The molecule has 0 atom stereocenters. The lowest BCUT2D eigenvalue weighted by Crippen LogP contribution is -2.45. The van der Waals surface area contributed by atoms with E-state index in [1.807, 2.05) is 41.5 Å².